The van der Waals surface area contributed by atoms with Gasteiger partial charge in [-0.05, 0) is 29.7 Å². The lowest BCUT2D eigenvalue weighted by Gasteiger charge is -2.19. The maximum atomic E-state index is 9.02. The van der Waals surface area contributed by atoms with Crippen LogP contribution in [0.3, 0.4) is 0 Å². The van der Waals surface area contributed by atoms with Gasteiger partial charge in [-0.3, -0.25) is 4.90 Å². The van der Waals surface area contributed by atoms with Gasteiger partial charge in [0.15, 0.2) is 0 Å². The summed E-state index contributed by atoms with van der Waals surface area (Å²) in [6.07, 6.45) is 1.26. The third kappa shape index (κ3) is 4.03. The van der Waals surface area contributed by atoms with E-state index >= 15 is 0 Å². The highest BCUT2D eigenvalue weighted by atomic mass is 32.2. The SMILES string of the molecule is OB(O)c1ccc(CN2CCCSCC2)cc1. The van der Waals surface area contributed by atoms with Crippen LogP contribution in [0.15, 0.2) is 24.3 Å². The highest BCUT2D eigenvalue weighted by Crippen LogP contribution is 2.12. The maximum Gasteiger partial charge on any atom is 0.488 e. The van der Waals surface area contributed by atoms with Crippen molar-refractivity contribution in [2.75, 3.05) is 24.6 Å². The molecule has 1 aliphatic rings. The fourth-order valence-corrected chi connectivity index (χ4v) is 2.93. The van der Waals surface area contributed by atoms with Crippen LogP contribution < -0.4 is 5.46 Å². The molecule has 0 amide bonds. The first kappa shape index (κ1) is 13.0. The molecule has 1 aromatic carbocycles. The Morgan fingerprint density at radius 1 is 1.12 bits per heavy atom. The first-order chi connectivity index (χ1) is 8.25. The van der Waals surface area contributed by atoms with Gasteiger partial charge in [-0.1, -0.05) is 24.3 Å². The number of hydrogen-bond donors (Lipinski definition) is 2. The van der Waals surface area contributed by atoms with Crippen molar-refractivity contribution in [3.8, 4) is 0 Å². The summed E-state index contributed by atoms with van der Waals surface area (Å²) in [5.74, 6) is 2.49. The monoisotopic (exact) mass is 251 g/mol. The third-order valence-electron chi connectivity index (χ3n) is 3.00. The quantitative estimate of drug-likeness (QED) is 0.759. The van der Waals surface area contributed by atoms with Crippen LogP contribution in [0.2, 0.25) is 0 Å². The normalized spacial score (nSPS) is 17.8. The van der Waals surface area contributed by atoms with E-state index in [4.69, 9.17) is 10.0 Å². The summed E-state index contributed by atoms with van der Waals surface area (Å²) < 4.78 is 0. The maximum absolute atomic E-state index is 9.02. The summed E-state index contributed by atoms with van der Waals surface area (Å²) in [6, 6.07) is 7.53. The smallest absolute Gasteiger partial charge is 0.423 e. The molecule has 0 atom stereocenters. The molecule has 0 saturated carbocycles. The molecule has 1 aromatic rings. The Kier molecular flexibility index (Phi) is 4.92. The second-order valence-corrected chi connectivity index (χ2v) is 5.58. The largest absolute Gasteiger partial charge is 0.488 e. The molecule has 92 valence electrons. The molecular formula is C12H18BNO2S. The molecule has 1 fully saturated rings. The van der Waals surface area contributed by atoms with Gasteiger partial charge in [0.05, 0.1) is 0 Å². The number of rotatable bonds is 3. The van der Waals surface area contributed by atoms with E-state index in [2.05, 4.69) is 4.90 Å². The van der Waals surface area contributed by atoms with Gasteiger partial charge in [0, 0.05) is 18.8 Å². The van der Waals surface area contributed by atoms with Gasteiger partial charge in [0.25, 0.3) is 0 Å². The van der Waals surface area contributed by atoms with Gasteiger partial charge in [0.2, 0.25) is 0 Å². The summed E-state index contributed by atoms with van der Waals surface area (Å²) in [5, 5.41) is 18.0. The minimum atomic E-state index is -1.36. The lowest BCUT2D eigenvalue weighted by atomic mass is 9.80. The predicted molar refractivity (Wildman–Crippen MR) is 73.5 cm³/mol. The minimum absolute atomic E-state index is 0.556. The predicted octanol–water partition coefficient (Wildman–Crippen LogP) is 0.305. The molecule has 0 radical (unpaired) electrons. The van der Waals surface area contributed by atoms with E-state index in [-0.39, 0.29) is 0 Å². The van der Waals surface area contributed by atoms with Gasteiger partial charge in [0.1, 0.15) is 0 Å². The average molecular weight is 251 g/mol. The second-order valence-electron chi connectivity index (χ2n) is 4.36. The Bertz CT molecular complexity index is 337. The van der Waals surface area contributed by atoms with E-state index in [1.54, 1.807) is 12.1 Å². The van der Waals surface area contributed by atoms with Gasteiger partial charge in [-0.25, -0.2) is 0 Å². The molecule has 0 spiro atoms. The van der Waals surface area contributed by atoms with Crippen LogP contribution in [0.4, 0.5) is 0 Å². The molecule has 0 bridgehead atoms. The number of thioether (sulfide) groups is 1. The van der Waals surface area contributed by atoms with Crippen LogP contribution in [-0.4, -0.2) is 46.7 Å². The number of benzene rings is 1. The van der Waals surface area contributed by atoms with Crippen molar-refractivity contribution in [3.05, 3.63) is 29.8 Å². The topological polar surface area (TPSA) is 43.7 Å². The van der Waals surface area contributed by atoms with E-state index in [1.165, 1.54) is 23.5 Å². The molecular weight excluding hydrogens is 233 g/mol. The van der Waals surface area contributed by atoms with Crippen LogP contribution in [0.25, 0.3) is 0 Å². The first-order valence-electron chi connectivity index (χ1n) is 6.01. The molecule has 1 heterocycles. The zero-order valence-corrected chi connectivity index (χ0v) is 10.7. The Morgan fingerprint density at radius 3 is 2.59 bits per heavy atom. The highest BCUT2D eigenvalue weighted by molar-refractivity contribution is 7.99. The zero-order chi connectivity index (χ0) is 12.1. The Balaban J connectivity index is 1.93. The second kappa shape index (κ2) is 6.45. The lowest BCUT2D eigenvalue weighted by molar-refractivity contribution is 0.287. The third-order valence-corrected chi connectivity index (χ3v) is 4.05. The summed E-state index contributed by atoms with van der Waals surface area (Å²) in [5.41, 5.74) is 1.79. The van der Waals surface area contributed by atoms with Gasteiger partial charge in [-0.2, -0.15) is 11.8 Å². The van der Waals surface area contributed by atoms with Crippen molar-refractivity contribution in [3.63, 3.8) is 0 Å². The number of hydrogen-bond acceptors (Lipinski definition) is 4. The summed E-state index contributed by atoms with van der Waals surface area (Å²) in [7, 11) is -1.36. The molecule has 17 heavy (non-hydrogen) atoms. The molecule has 5 heteroatoms. The van der Waals surface area contributed by atoms with E-state index in [1.807, 2.05) is 23.9 Å². The van der Waals surface area contributed by atoms with E-state index in [0.29, 0.717) is 5.46 Å². The van der Waals surface area contributed by atoms with Crippen molar-refractivity contribution in [1.29, 1.82) is 0 Å². The van der Waals surface area contributed by atoms with Crippen molar-refractivity contribution in [1.82, 2.24) is 4.90 Å². The minimum Gasteiger partial charge on any atom is -0.423 e. The highest BCUT2D eigenvalue weighted by Gasteiger charge is 2.12. The fraction of sp³-hybridized carbons (Fsp3) is 0.500. The van der Waals surface area contributed by atoms with Gasteiger partial charge < -0.3 is 10.0 Å². The van der Waals surface area contributed by atoms with Crippen molar-refractivity contribution >= 4 is 24.3 Å². The van der Waals surface area contributed by atoms with E-state index in [0.717, 1.165) is 19.6 Å². The Labute approximate surface area is 107 Å². The molecule has 0 aliphatic carbocycles. The van der Waals surface area contributed by atoms with Gasteiger partial charge >= 0.3 is 7.12 Å². The lowest BCUT2D eigenvalue weighted by Crippen LogP contribution is -2.30. The molecule has 0 unspecified atom stereocenters. The Hall–Kier alpha value is -0.485. The molecule has 3 nitrogen and oxygen atoms in total. The standard InChI is InChI=1S/C12H18BNO2S/c15-13(16)12-4-2-11(3-5-12)10-14-6-1-8-17-9-7-14/h2-5,15-16H,1,6-10H2. The van der Waals surface area contributed by atoms with Crippen LogP contribution in [0.1, 0.15) is 12.0 Å². The summed E-state index contributed by atoms with van der Waals surface area (Å²) in [4.78, 5) is 2.46. The molecule has 2 N–H and O–H groups in total. The van der Waals surface area contributed by atoms with Crippen molar-refractivity contribution < 1.29 is 10.0 Å². The molecule has 1 aliphatic heterocycles. The number of nitrogens with zero attached hydrogens (tertiary/aromatic N) is 1. The van der Waals surface area contributed by atoms with Crippen LogP contribution >= 0.6 is 11.8 Å². The average Bonchev–Trinajstić information content (AvgIpc) is 2.58. The van der Waals surface area contributed by atoms with Gasteiger partial charge in [-0.15, -0.1) is 0 Å². The molecule has 0 aromatic heterocycles. The van der Waals surface area contributed by atoms with Crippen molar-refractivity contribution in [2.24, 2.45) is 0 Å². The Morgan fingerprint density at radius 2 is 1.88 bits per heavy atom. The first-order valence-corrected chi connectivity index (χ1v) is 7.16. The van der Waals surface area contributed by atoms with E-state index in [9.17, 15) is 0 Å². The summed E-state index contributed by atoms with van der Waals surface area (Å²) >= 11 is 2.03. The van der Waals surface area contributed by atoms with Crippen LogP contribution in [0, 0.1) is 0 Å². The van der Waals surface area contributed by atoms with Crippen molar-refractivity contribution in [2.45, 2.75) is 13.0 Å². The fourth-order valence-electron chi connectivity index (χ4n) is 2.01. The van der Waals surface area contributed by atoms with E-state index < -0.39 is 7.12 Å². The zero-order valence-electron chi connectivity index (χ0n) is 9.88. The summed E-state index contributed by atoms with van der Waals surface area (Å²) in [6.45, 7) is 3.27. The van der Waals surface area contributed by atoms with Crippen LogP contribution in [0.5, 0.6) is 0 Å². The molecule has 1 saturated heterocycles. The molecule has 2 rings (SSSR count). The van der Waals surface area contributed by atoms with Crippen LogP contribution in [-0.2, 0) is 6.54 Å².